The molecule has 0 amide bonds. The zero-order chi connectivity index (χ0) is 26.9. The number of benzene rings is 2. The fraction of sp³-hybridized carbons (Fsp3) is 0.586. The first-order valence-electron chi connectivity index (χ1n) is 12.0. The van der Waals surface area contributed by atoms with Gasteiger partial charge in [-0.25, -0.2) is 4.57 Å². The molecule has 192 valence electrons. The summed E-state index contributed by atoms with van der Waals surface area (Å²) >= 11 is 0. The highest BCUT2D eigenvalue weighted by atomic mass is 31.2. The van der Waals surface area contributed by atoms with Crippen LogP contribution >= 0.6 is 7.82 Å². The van der Waals surface area contributed by atoms with Crippen LogP contribution in [0.3, 0.4) is 0 Å². The summed E-state index contributed by atoms with van der Waals surface area (Å²) < 4.78 is 8.88. The van der Waals surface area contributed by atoms with Gasteiger partial charge in [0.15, 0.2) is 0 Å². The largest absolute Gasteiger partial charge is 0.466 e. The third-order valence-corrected chi connectivity index (χ3v) is 5.86. The van der Waals surface area contributed by atoms with E-state index in [1.54, 1.807) is 0 Å². The average molecular weight is 491 g/mol. The minimum absolute atomic E-state index is 0.153. The molecule has 34 heavy (non-hydrogen) atoms. The highest BCUT2D eigenvalue weighted by Gasteiger charge is 2.23. The van der Waals surface area contributed by atoms with Crippen molar-refractivity contribution in [3.8, 4) is 0 Å². The van der Waals surface area contributed by atoms with Crippen molar-refractivity contribution in [1.29, 1.82) is 0 Å². The van der Waals surface area contributed by atoms with Gasteiger partial charge in [-0.15, -0.1) is 0 Å². The summed E-state index contributed by atoms with van der Waals surface area (Å²) in [5, 5.41) is 0. The predicted octanol–water partition coefficient (Wildman–Crippen LogP) is 7.54. The minimum atomic E-state index is -4.64. The highest BCUT2D eigenvalue weighted by Crippen LogP contribution is 2.34. The Morgan fingerprint density at radius 2 is 0.676 bits per heavy atom. The molecule has 0 fully saturated rings. The lowest BCUT2D eigenvalue weighted by Gasteiger charge is -2.27. The van der Waals surface area contributed by atoms with Crippen molar-refractivity contribution in [3.63, 3.8) is 0 Å². The van der Waals surface area contributed by atoms with Crippen LogP contribution in [-0.2, 0) is 32.6 Å². The van der Waals surface area contributed by atoms with Gasteiger partial charge in [-0.05, 0) is 61.5 Å². The summed E-state index contributed by atoms with van der Waals surface area (Å²) in [6.45, 7) is 27.8. The monoisotopic (exact) mass is 490 g/mol. The predicted molar refractivity (Wildman–Crippen MR) is 145 cm³/mol. The molecule has 0 radical (unpaired) electrons. The van der Waals surface area contributed by atoms with Gasteiger partial charge >= 0.3 is 7.82 Å². The van der Waals surface area contributed by atoms with Crippen LogP contribution in [0.2, 0.25) is 0 Å². The van der Waals surface area contributed by atoms with Crippen LogP contribution in [0.25, 0.3) is 0 Å². The van der Waals surface area contributed by atoms with E-state index in [1.807, 2.05) is 0 Å². The molecule has 2 aromatic carbocycles. The first kappa shape index (κ1) is 30.6. The molecule has 0 bridgehead atoms. The van der Waals surface area contributed by atoms with E-state index in [9.17, 15) is 0 Å². The number of rotatable bonds is 2. The molecule has 5 heteroatoms. The molecule has 3 N–H and O–H groups in total. The van der Waals surface area contributed by atoms with E-state index in [-0.39, 0.29) is 21.7 Å². The van der Waals surface area contributed by atoms with Crippen LogP contribution in [-0.4, -0.2) is 14.7 Å². The summed E-state index contributed by atoms with van der Waals surface area (Å²) in [7, 11) is -4.64. The molecular formula is C29H47O4P. The smallest absolute Gasteiger partial charge is 0.303 e. The number of phosphoric acid groups is 1. The Morgan fingerprint density at radius 3 is 0.824 bits per heavy atom. The maximum Gasteiger partial charge on any atom is 0.466 e. The fourth-order valence-electron chi connectivity index (χ4n) is 3.56. The molecular weight excluding hydrogens is 443 g/mol. The van der Waals surface area contributed by atoms with E-state index in [4.69, 9.17) is 19.2 Å². The Bertz CT molecular complexity index is 874. The van der Waals surface area contributed by atoms with E-state index >= 15 is 0 Å². The van der Waals surface area contributed by atoms with E-state index in [0.717, 1.165) is 6.42 Å². The second-order valence-corrected chi connectivity index (χ2v) is 14.6. The lowest BCUT2D eigenvalue weighted by molar-refractivity contribution is 0.275. The first-order valence-corrected chi connectivity index (χ1v) is 13.5. The number of hydrogen-bond acceptors (Lipinski definition) is 1. The second-order valence-electron chi connectivity index (χ2n) is 13.5. The summed E-state index contributed by atoms with van der Waals surface area (Å²) in [4.78, 5) is 21.6. The molecule has 2 rings (SSSR count). The molecule has 0 unspecified atom stereocenters. The maximum atomic E-state index is 8.88. The molecule has 0 aliphatic rings. The Kier molecular flexibility index (Phi) is 9.24. The standard InChI is InChI=1S/C29H44.H3O4P/c1-26(2,3)22-14-20(15-23(18-22)27(4,5)6)13-21-16-24(28(7,8)9)19-25(17-21)29(10,11)12;1-5(2,3)4/h14-19H,13H2,1-12H3;(H3,1,2,3,4). The van der Waals surface area contributed by atoms with E-state index in [0.29, 0.717) is 0 Å². The van der Waals surface area contributed by atoms with Gasteiger partial charge in [0, 0.05) is 0 Å². The summed E-state index contributed by atoms with van der Waals surface area (Å²) in [5.74, 6) is 0. The third-order valence-electron chi connectivity index (χ3n) is 5.86. The lowest BCUT2D eigenvalue weighted by Crippen LogP contribution is -2.18. The van der Waals surface area contributed by atoms with Crippen molar-refractivity contribution < 1.29 is 19.2 Å². The van der Waals surface area contributed by atoms with E-state index in [2.05, 4.69) is 119 Å². The Balaban J connectivity index is 0.00000104. The highest BCUT2D eigenvalue weighted by molar-refractivity contribution is 7.45. The molecule has 0 aliphatic heterocycles. The van der Waals surface area contributed by atoms with Crippen molar-refractivity contribution in [2.24, 2.45) is 0 Å². The maximum absolute atomic E-state index is 8.88. The zero-order valence-corrected chi connectivity index (χ0v) is 24.3. The van der Waals surface area contributed by atoms with Crippen LogP contribution in [0, 0.1) is 0 Å². The SMILES string of the molecule is CC(C)(C)c1cc(Cc2cc(C(C)(C)C)cc(C(C)(C)C)c2)cc(C(C)(C)C)c1.O=P(O)(O)O. The van der Waals surface area contributed by atoms with Crippen molar-refractivity contribution >= 4 is 7.82 Å². The fourth-order valence-corrected chi connectivity index (χ4v) is 3.56. The molecule has 0 aliphatic carbocycles. The van der Waals surface area contributed by atoms with Gasteiger partial charge in [-0.2, -0.15) is 0 Å². The minimum Gasteiger partial charge on any atom is -0.303 e. The first-order chi connectivity index (χ1) is 14.9. The van der Waals surface area contributed by atoms with E-state index < -0.39 is 7.82 Å². The van der Waals surface area contributed by atoms with Crippen molar-refractivity contribution in [1.82, 2.24) is 0 Å². The normalized spacial score (nSPS) is 13.4. The number of hydrogen-bond donors (Lipinski definition) is 3. The van der Waals surface area contributed by atoms with Crippen molar-refractivity contribution in [2.45, 2.75) is 111 Å². The van der Waals surface area contributed by atoms with Gasteiger partial charge in [0.05, 0.1) is 0 Å². The lowest BCUT2D eigenvalue weighted by atomic mass is 9.77. The van der Waals surface area contributed by atoms with Crippen LogP contribution in [0.15, 0.2) is 36.4 Å². The van der Waals surface area contributed by atoms with Crippen LogP contribution in [0.4, 0.5) is 0 Å². The quantitative estimate of drug-likeness (QED) is 0.380. The molecule has 0 saturated carbocycles. The van der Waals surface area contributed by atoms with Gasteiger partial charge in [-0.3, -0.25) is 0 Å². The Labute approximate surface area is 208 Å². The van der Waals surface area contributed by atoms with Crippen molar-refractivity contribution in [3.05, 3.63) is 69.8 Å². The van der Waals surface area contributed by atoms with Gasteiger partial charge < -0.3 is 14.7 Å². The van der Waals surface area contributed by atoms with Gasteiger partial charge in [-0.1, -0.05) is 119 Å². The zero-order valence-electron chi connectivity index (χ0n) is 23.4. The summed E-state index contributed by atoms with van der Waals surface area (Å²) in [6, 6.07) is 14.5. The van der Waals surface area contributed by atoms with Crippen LogP contribution < -0.4 is 0 Å². The summed E-state index contributed by atoms with van der Waals surface area (Å²) in [6.07, 6.45) is 0.986. The van der Waals surface area contributed by atoms with E-state index in [1.165, 1.54) is 33.4 Å². The van der Waals surface area contributed by atoms with Gasteiger partial charge in [0.1, 0.15) is 0 Å². The molecule has 0 spiro atoms. The summed E-state index contributed by atoms with van der Waals surface area (Å²) in [5.41, 5.74) is 9.19. The van der Waals surface area contributed by atoms with Crippen molar-refractivity contribution in [2.75, 3.05) is 0 Å². The molecule has 0 saturated heterocycles. The van der Waals surface area contributed by atoms with Gasteiger partial charge in [0.25, 0.3) is 0 Å². The molecule has 2 aromatic rings. The molecule has 4 nitrogen and oxygen atoms in total. The molecule has 0 heterocycles. The third kappa shape index (κ3) is 10.4. The average Bonchev–Trinajstić information content (AvgIpc) is 2.56. The topological polar surface area (TPSA) is 77.8 Å². The Morgan fingerprint density at radius 1 is 0.500 bits per heavy atom. The molecule has 0 aromatic heterocycles. The second kappa shape index (κ2) is 10.3. The Hall–Kier alpha value is -1.45. The van der Waals surface area contributed by atoms with Gasteiger partial charge in [0.2, 0.25) is 0 Å². The van der Waals surface area contributed by atoms with Crippen LogP contribution in [0.5, 0.6) is 0 Å². The van der Waals surface area contributed by atoms with Crippen LogP contribution in [0.1, 0.15) is 116 Å². The molecule has 0 atom stereocenters.